The molecule has 0 saturated heterocycles. The van der Waals surface area contributed by atoms with Gasteiger partial charge in [-0.05, 0) is 31.5 Å². The van der Waals surface area contributed by atoms with E-state index in [1.165, 1.54) is 11.1 Å². The number of ether oxygens (including phenoxy) is 1. The van der Waals surface area contributed by atoms with E-state index in [1.807, 2.05) is 12.5 Å². The highest BCUT2D eigenvalue weighted by atomic mass is 16.5. The molecule has 0 spiro atoms. The third-order valence-electron chi connectivity index (χ3n) is 4.35. The molecule has 2 aromatic rings. The SMILES string of the molecule is CCNC(=NCc1cccc(Cn2ccnc2)c1)NCCN(C)CCCOC. The number of methoxy groups -OCH3 is 1. The third-order valence-corrected chi connectivity index (χ3v) is 4.35. The Bertz CT molecular complexity index is 686. The van der Waals surface area contributed by atoms with Gasteiger partial charge in [0.1, 0.15) is 0 Å². The Hall–Kier alpha value is -2.38. The zero-order valence-electron chi connectivity index (χ0n) is 17.4. The van der Waals surface area contributed by atoms with Crippen molar-refractivity contribution in [3.63, 3.8) is 0 Å². The summed E-state index contributed by atoms with van der Waals surface area (Å²) in [5.41, 5.74) is 2.45. The zero-order chi connectivity index (χ0) is 20.0. The maximum Gasteiger partial charge on any atom is 0.191 e. The van der Waals surface area contributed by atoms with E-state index in [2.05, 4.69) is 63.3 Å². The van der Waals surface area contributed by atoms with E-state index in [4.69, 9.17) is 9.73 Å². The van der Waals surface area contributed by atoms with E-state index >= 15 is 0 Å². The van der Waals surface area contributed by atoms with E-state index < -0.39 is 0 Å². The van der Waals surface area contributed by atoms with E-state index in [0.717, 1.165) is 51.7 Å². The highest BCUT2D eigenvalue weighted by Gasteiger charge is 2.02. The smallest absolute Gasteiger partial charge is 0.191 e. The predicted octanol–water partition coefficient (Wildman–Crippen LogP) is 1.95. The quantitative estimate of drug-likeness (QED) is 0.332. The lowest BCUT2D eigenvalue weighted by Gasteiger charge is -2.18. The van der Waals surface area contributed by atoms with Crippen LogP contribution >= 0.6 is 0 Å². The minimum Gasteiger partial charge on any atom is -0.385 e. The fourth-order valence-corrected chi connectivity index (χ4v) is 2.89. The van der Waals surface area contributed by atoms with Crippen LogP contribution in [0.5, 0.6) is 0 Å². The van der Waals surface area contributed by atoms with Gasteiger partial charge in [0, 0.05) is 58.8 Å². The Morgan fingerprint density at radius 1 is 1.25 bits per heavy atom. The molecule has 0 aliphatic rings. The van der Waals surface area contributed by atoms with Gasteiger partial charge < -0.3 is 24.8 Å². The number of hydrogen-bond donors (Lipinski definition) is 2. The molecular formula is C21H34N6O. The second kappa shape index (κ2) is 12.9. The van der Waals surface area contributed by atoms with E-state index in [9.17, 15) is 0 Å². The van der Waals surface area contributed by atoms with Crippen molar-refractivity contribution in [1.82, 2.24) is 25.1 Å². The van der Waals surface area contributed by atoms with Crippen LogP contribution in [0.4, 0.5) is 0 Å². The number of nitrogens with one attached hydrogen (secondary N) is 2. The van der Waals surface area contributed by atoms with Gasteiger partial charge in [-0.3, -0.25) is 0 Å². The van der Waals surface area contributed by atoms with Crippen LogP contribution in [-0.4, -0.2) is 67.4 Å². The summed E-state index contributed by atoms with van der Waals surface area (Å²) in [5, 5.41) is 6.73. The molecule has 0 aliphatic heterocycles. The van der Waals surface area contributed by atoms with Gasteiger partial charge in [-0.1, -0.05) is 24.3 Å². The summed E-state index contributed by atoms with van der Waals surface area (Å²) in [7, 11) is 3.88. The summed E-state index contributed by atoms with van der Waals surface area (Å²) in [5.74, 6) is 0.854. The molecule has 0 aliphatic carbocycles. The first kappa shape index (κ1) is 21.9. The molecule has 1 aromatic heterocycles. The molecule has 0 atom stereocenters. The maximum atomic E-state index is 5.10. The molecule has 154 valence electrons. The molecule has 0 amide bonds. The van der Waals surface area contributed by atoms with Crippen molar-refractivity contribution in [2.75, 3.05) is 46.9 Å². The Labute approximate surface area is 168 Å². The lowest BCUT2D eigenvalue weighted by molar-refractivity contribution is 0.180. The normalized spacial score (nSPS) is 11.8. The molecule has 0 saturated carbocycles. The summed E-state index contributed by atoms with van der Waals surface area (Å²) in [6, 6.07) is 8.55. The molecule has 2 N–H and O–H groups in total. The summed E-state index contributed by atoms with van der Waals surface area (Å²) in [4.78, 5) is 11.1. The minimum atomic E-state index is 0.650. The van der Waals surface area contributed by atoms with Gasteiger partial charge in [-0.2, -0.15) is 0 Å². The molecule has 0 bridgehead atoms. The Kier molecular flexibility index (Phi) is 10.1. The van der Waals surface area contributed by atoms with Crippen molar-refractivity contribution in [3.8, 4) is 0 Å². The van der Waals surface area contributed by atoms with Crippen LogP contribution < -0.4 is 10.6 Å². The van der Waals surface area contributed by atoms with Crippen molar-refractivity contribution >= 4 is 5.96 Å². The van der Waals surface area contributed by atoms with Crippen LogP contribution in [0.15, 0.2) is 48.0 Å². The molecule has 0 unspecified atom stereocenters. The van der Waals surface area contributed by atoms with Gasteiger partial charge in [0.05, 0.1) is 12.9 Å². The second-order valence-electron chi connectivity index (χ2n) is 6.83. The van der Waals surface area contributed by atoms with Crippen LogP contribution in [0.25, 0.3) is 0 Å². The first-order valence-corrected chi connectivity index (χ1v) is 9.94. The number of guanidine groups is 1. The third kappa shape index (κ3) is 8.54. The van der Waals surface area contributed by atoms with Gasteiger partial charge in [0.25, 0.3) is 0 Å². The number of rotatable bonds is 12. The van der Waals surface area contributed by atoms with Crippen molar-refractivity contribution in [2.24, 2.45) is 4.99 Å². The molecule has 1 aromatic carbocycles. The molecule has 28 heavy (non-hydrogen) atoms. The highest BCUT2D eigenvalue weighted by molar-refractivity contribution is 5.79. The van der Waals surface area contributed by atoms with Crippen molar-refractivity contribution < 1.29 is 4.74 Å². The molecule has 7 nitrogen and oxygen atoms in total. The number of likely N-dealkylation sites (N-methyl/N-ethyl adjacent to an activating group) is 1. The first-order chi connectivity index (χ1) is 13.7. The Morgan fingerprint density at radius 3 is 2.86 bits per heavy atom. The predicted molar refractivity (Wildman–Crippen MR) is 115 cm³/mol. The molecule has 0 radical (unpaired) electrons. The standard InChI is InChI=1S/C21H34N6O/c1-4-23-21(24-10-12-26(2)11-6-14-28-3)25-16-19-7-5-8-20(15-19)17-27-13-9-22-18-27/h5,7-9,13,15,18H,4,6,10-12,14,16-17H2,1-3H3,(H2,23,24,25). The number of aromatic nitrogens is 2. The average Bonchev–Trinajstić information content (AvgIpc) is 3.19. The lowest BCUT2D eigenvalue weighted by Crippen LogP contribution is -2.41. The number of aliphatic imine (C=N–C) groups is 1. The van der Waals surface area contributed by atoms with Crippen molar-refractivity contribution in [1.29, 1.82) is 0 Å². The summed E-state index contributed by atoms with van der Waals surface area (Å²) >= 11 is 0. The molecule has 2 rings (SSSR count). The zero-order valence-corrected chi connectivity index (χ0v) is 17.4. The minimum absolute atomic E-state index is 0.650. The number of benzene rings is 1. The number of imidazole rings is 1. The van der Waals surface area contributed by atoms with E-state index in [1.54, 1.807) is 13.3 Å². The highest BCUT2D eigenvalue weighted by Crippen LogP contribution is 2.08. The summed E-state index contributed by atoms with van der Waals surface area (Å²) in [6.07, 6.45) is 6.67. The van der Waals surface area contributed by atoms with Gasteiger partial charge >= 0.3 is 0 Å². The first-order valence-electron chi connectivity index (χ1n) is 9.94. The van der Waals surface area contributed by atoms with Crippen LogP contribution in [0.2, 0.25) is 0 Å². The maximum absolute atomic E-state index is 5.10. The topological polar surface area (TPSA) is 66.7 Å². The number of nitrogens with zero attached hydrogens (tertiary/aromatic N) is 4. The van der Waals surface area contributed by atoms with Crippen molar-refractivity contribution in [2.45, 2.75) is 26.4 Å². The summed E-state index contributed by atoms with van der Waals surface area (Å²) < 4.78 is 7.17. The van der Waals surface area contributed by atoms with Crippen LogP contribution in [0.3, 0.4) is 0 Å². The molecular weight excluding hydrogens is 352 g/mol. The average molecular weight is 387 g/mol. The van der Waals surface area contributed by atoms with Crippen LogP contribution in [-0.2, 0) is 17.8 Å². The fraction of sp³-hybridized carbons (Fsp3) is 0.524. The van der Waals surface area contributed by atoms with E-state index in [0.29, 0.717) is 6.54 Å². The monoisotopic (exact) mass is 386 g/mol. The second-order valence-corrected chi connectivity index (χ2v) is 6.83. The number of hydrogen-bond acceptors (Lipinski definition) is 4. The van der Waals surface area contributed by atoms with Gasteiger partial charge in [0.15, 0.2) is 5.96 Å². The fourth-order valence-electron chi connectivity index (χ4n) is 2.89. The van der Waals surface area contributed by atoms with Gasteiger partial charge in [-0.15, -0.1) is 0 Å². The molecule has 7 heteroatoms. The molecule has 0 fully saturated rings. The summed E-state index contributed by atoms with van der Waals surface area (Å²) in [6.45, 7) is 8.07. The Balaban J connectivity index is 1.82. The van der Waals surface area contributed by atoms with Gasteiger partial charge in [0.2, 0.25) is 0 Å². The largest absolute Gasteiger partial charge is 0.385 e. The molecule has 1 heterocycles. The van der Waals surface area contributed by atoms with E-state index in [-0.39, 0.29) is 0 Å². The van der Waals surface area contributed by atoms with Crippen molar-refractivity contribution in [3.05, 3.63) is 54.1 Å². The van der Waals surface area contributed by atoms with Crippen LogP contribution in [0, 0.1) is 0 Å². The van der Waals surface area contributed by atoms with Gasteiger partial charge in [-0.25, -0.2) is 9.98 Å². The lowest BCUT2D eigenvalue weighted by atomic mass is 10.1. The Morgan fingerprint density at radius 2 is 2.11 bits per heavy atom. The van der Waals surface area contributed by atoms with Crippen LogP contribution in [0.1, 0.15) is 24.5 Å².